The maximum atomic E-state index is 14.5. The highest BCUT2D eigenvalue weighted by atomic mass is 35.5. The van der Waals surface area contributed by atoms with Crippen LogP contribution < -0.4 is 4.90 Å². The van der Waals surface area contributed by atoms with Crippen molar-refractivity contribution in [1.29, 1.82) is 0 Å². The minimum absolute atomic E-state index is 0.0544. The molecule has 10 heteroatoms. The molecule has 2 aromatic carbocycles. The van der Waals surface area contributed by atoms with E-state index in [-0.39, 0.29) is 16.5 Å². The molecule has 2 aromatic heterocycles. The number of allylic oxidation sites excluding steroid dienone is 2. The van der Waals surface area contributed by atoms with Gasteiger partial charge in [0.15, 0.2) is 10.9 Å². The van der Waals surface area contributed by atoms with E-state index in [4.69, 9.17) is 11.6 Å². The van der Waals surface area contributed by atoms with Gasteiger partial charge < -0.3 is 10.0 Å². The second-order valence-corrected chi connectivity index (χ2v) is 12.1. The molecule has 2 fully saturated rings. The molecule has 0 radical (unpaired) electrons. The molecule has 3 heterocycles. The predicted octanol–water partition coefficient (Wildman–Crippen LogP) is 6.63. The zero-order valence-corrected chi connectivity index (χ0v) is 22.3. The summed E-state index contributed by atoms with van der Waals surface area (Å²) in [6, 6.07) is 8.44. The summed E-state index contributed by atoms with van der Waals surface area (Å²) in [4.78, 5) is 18.0. The van der Waals surface area contributed by atoms with Gasteiger partial charge >= 0.3 is 5.97 Å². The number of para-hydroxylation sites is 1. The largest absolute Gasteiger partial charge is 0.478 e. The molecule has 1 N–H and O–H groups in total. The Labute approximate surface area is 227 Å². The van der Waals surface area contributed by atoms with E-state index in [1.54, 1.807) is 0 Å². The summed E-state index contributed by atoms with van der Waals surface area (Å²) in [6.07, 6.45) is 7.62. The number of aromatic nitrogens is 4. The van der Waals surface area contributed by atoms with E-state index in [1.165, 1.54) is 23.0 Å². The van der Waals surface area contributed by atoms with Crippen LogP contribution in [0.4, 0.5) is 9.52 Å². The molecular weight excluding hydrogens is 525 g/mol. The van der Waals surface area contributed by atoms with Crippen molar-refractivity contribution >= 4 is 49.8 Å². The van der Waals surface area contributed by atoms with Crippen LogP contribution in [-0.4, -0.2) is 44.1 Å². The van der Waals surface area contributed by atoms with Crippen LogP contribution in [0.15, 0.2) is 36.4 Å². The van der Waals surface area contributed by atoms with Gasteiger partial charge in [0.2, 0.25) is 0 Å². The number of fused-ring (bicyclic) bond motifs is 1. The smallest absolute Gasteiger partial charge is 0.335 e. The molecule has 194 valence electrons. The van der Waals surface area contributed by atoms with Crippen molar-refractivity contribution in [2.24, 2.45) is 5.41 Å². The molecule has 0 bridgehead atoms. The van der Waals surface area contributed by atoms with Gasteiger partial charge in [-0.3, -0.25) is 0 Å². The van der Waals surface area contributed by atoms with E-state index in [1.807, 2.05) is 29.8 Å². The Morgan fingerprint density at radius 2 is 2.00 bits per heavy atom. The van der Waals surface area contributed by atoms with Crippen molar-refractivity contribution in [3.8, 4) is 5.69 Å². The molecule has 0 amide bonds. The number of rotatable bonds is 5. The van der Waals surface area contributed by atoms with E-state index in [0.29, 0.717) is 15.6 Å². The number of hydrogen-bond acceptors (Lipinski definition) is 6. The fraction of sp³-hybridized carbons (Fsp3) is 0.357. The topological polar surface area (TPSA) is 84.1 Å². The summed E-state index contributed by atoms with van der Waals surface area (Å²) in [6.45, 7) is 3.67. The summed E-state index contributed by atoms with van der Waals surface area (Å²) in [5.74, 6) is -1.26. The number of thiazole rings is 1. The van der Waals surface area contributed by atoms with Gasteiger partial charge in [0.1, 0.15) is 5.52 Å². The first-order valence-electron chi connectivity index (χ1n) is 12.8. The number of benzene rings is 2. The normalized spacial score (nSPS) is 18.6. The summed E-state index contributed by atoms with van der Waals surface area (Å²) in [5.41, 5.74) is 5.74. The van der Waals surface area contributed by atoms with Crippen molar-refractivity contribution in [1.82, 2.24) is 20.0 Å². The number of halogens is 2. The summed E-state index contributed by atoms with van der Waals surface area (Å²) < 4.78 is 17.0. The third-order valence-electron chi connectivity index (χ3n) is 8.10. The third-order valence-corrected chi connectivity index (χ3v) is 9.47. The molecule has 0 unspecified atom stereocenters. The van der Waals surface area contributed by atoms with Crippen molar-refractivity contribution in [2.75, 3.05) is 18.0 Å². The number of aryl methyl sites for hydroxylation is 1. The first-order chi connectivity index (χ1) is 18.3. The van der Waals surface area contributed by atoms with Crippen LogP contribution in [0.3, 0.4) is 0 Å². The lowest BCUT2D eigenvalue weighted by Gasteiger charge is -2.46. The highest BCUT2D eigenvalue weighted by Gasteiger charge is 2.44. The van der Waals surface area contributed by atoms with Crippen LogP contribution in [0.5, 0.6) is 0 Å². The van der Waals surface area contributed by atoms with Crippen LogP contribution in [0, 0.1) is 18.2 Å². The van der Waals surface area contributed by atoms with E-state index < -0.39 is 11.8 Å². The van der Waals surface area contributed by atoms with Crippen LogP contribution in [0.1, 0.15) is 65.3 Å². The highest BCUT2D eigenvalue weighted by molar-refractivity contribution is 7.22. The van der Waals surface area contributed by atoms with Gasteiger partial charge in [-0.25, -0.2) is 18.9 Å². The number of nitrogens with zero attached hydrogens (tertiary/aromatic N) is 5. The third kappa shape index (κ3) is 3.82. The number of anilines is 1. The van der Waals surface area contributed by atoms with Crippen LogP contribution in [0.25, 0.3) is 21.5 Å². The van der Waals surface area contributed by atoms with Crippen LogP contribution in [-0.2, 0) is 0 Å². The van der Waals surface area contributed by atoms with Gasteiger partial charge in [0.05, 0.1) is 32.4 Å². The Kier molecular flexibility index (Phi) is 5.39. The fourth-order valence-electron chi connectivity index (χ4n) is 5.85. The number of hydrogen-bond donors (Lipinski definition) is 1. The summed E-state index contributed by atoms with van der Waals surface area (Å²) in [5, 5.41) is 19.8. The van der Waals surface area contributed by atoms with E-state index >= 15 is 0 Å². The summed E-state index contributed by atoms with van der Waals surface area (Å²) >= 11 is 7.97. The first-order valence-corrected chi connectivity index (χ1v) is 14.0. The van der Waals surface area contributed by atoms with Crippen molar-refractivity contribution in [2.45, 2.75) is 44.9 Å². The second kappa shape index (κ2) is 8.61. The lowest BCUT2D eigenvalue weighted by Crippen LogP contribution is -2.42. The Morgan fingerprint density at radius 3 is 2.68 bits per heavy atom. The van der Waals surface area contributed by atoms with Crippen LogP contribution >= 0.6 is 22.9 Å². The number of carboxylic acid groups (broad SMARTS) is 1. The highest BCUT2D eigenvalue weighted by Crippen LogP contribution is 2.54. The monoisotopic (exact) mass is 549 g/mol. The maximum Gasteiger partial charge on any atom is 0.335 e. The number of carboxylic acids is 1. The standard InChI is InChI=1S/C28H25ClFN5O2S/c1-15-3-2-4-19(29)24(15)35-25(22(32-33-35)16-5-6-16)18-13-28(14-18)7-9-34(10-8-28)27-31-23-20(30)11-17(26(36)37)12-21(23)38-27/h2-4,11-13,16H,5-10,14H2,1H3,(H,36,37). The minimum Gasteiger partial charge on any atom is -0.478 e. The predicted molar refractivity (Wildman–Crippen MR) is 146 cm³/mol. The van der Waals surface area contributed by atoms with Crippen LogP contribution in [0.2, 0.25) is 5.02 Å². The van der Waals surface area contributed by atoms with E-state index in [2.05, 4.69) is 26.3 Å². The molecule has 3 aliphatic rings. The van der Waals surface area contributed by atoms with Gasteiger partial charge in [0.25, 0.3) is 0 Å². The Morgan fingerprint density at radius 1 is 1.24 bits per heavy atom. The van der Waals surface area contributed by atoms with E-state index in [0.717, 1.165) is 79.0 Å². The number of piperidine rings is 1. The molecular formula is C28H25ClFN5O2S. The first kappa shape index (κ1) is 23.8. The number of carbonyl (C=O) groups is 1. The van der Waals surface area contributed by atoms with Gasteiger partial charge in [-0.1, -0.05) is 46.4 Å². The summed E-state index contributed by atoms with van der Waals surface area (Å²) in [7, 11) is 0. The molecule has 1 saturated heterocycles. The Bertz CT molecular complexity index is 1630. The molecule has 0 atom stereocenters. The maximum absolute atomic E-state index is 14.5. The second-order valence-electron chi connectivity index (χ2n) is 10.7. The Balaban J connectivity index is 1.14. The van der Waals surface area contributed by atoms with Gasteiger partial charge in [-0.05, 0) is 73.8 Å². The SMILES string of the molecule is Cc1cccc(Cl)c1-n1nnc(C2CC2)c1C1=CC2(CCN(c3nc4c(F)cc(C(=O)O)cc4s3)CC2)C1. The minimum atomic E-state index is -1.14. The molecule has 7 rings (SSSR count). The average Bonchev–Trinajstić information content (AvgIpc) is 3.47. The fourth-order valence-corrected chi connectivity index (χ4v) is 7.22. The van der Waals surface area contributed by atoms with Gasteiger partial charge in [-0.15, -0.1) is 5.10 Å². The molecule has 1 aliphatic heterocycles. The van der Waals surface area contributed by atoms with Crippen molar-refractivity contribution in [3.05, 3.63) is 69.8 Å². The lowest BCUT2D eigenvalue weighted by molar-refractivity contribution is 0.0696. The molecule has 4 aromatic rings. The van der Waals surface area contributed by atoms with E-state index in [9.17, 15) is 14.3 Å². The zero-order valence-electron chi connectivity index (χ0n) is 20.7. The van der Waals surface area contributed by atoms with Gasteiger partial charge in [-0.2, -0.15) is 0 Å². The molecule has 2 aliphatic carbocycles. The van der Waals surface area contributed by atoms with Crippen molar-refractivity contribution in [3.63, 3.8) is 0 Å². The molecule has 38 heavy (non-hydrogen) atoms. The Hall–Kier alpha value is -3.30. The quantitative estimate of drug-likeness (QED) is 0.301. The number of aromatic carboxylic acids is 1. The zero-order chi connectivity index (χ0) is 26.2. The molecule has 1 saturated carbocycles. The van der Waals surface area contributed by atoms with Gasteiger partial charge in [0, 0.05) is 19.0 Å². The average molecular weight is 550 g/mol. The molecule has 1 spiro atoms. The lowest BCUT2D eigenvalue weighted by atomic mass is 9.64. The molecule has 7 nitrogen and oxygen atoms in total. The van der Waals surface area contributed by atoms with Crippen molar-refractivity contribution < 1.29 is 14.3 Å².